The van der Waals surface area contributed by atoms with Gasteiger partial charge in [-0.25, -0.2) is 8.42 Å². The molecule has 0 bridgehead atoms. The number of aromatic nitrogens is 1. The number of hydrazine groups is 1. The van der Waals surface area contributed by atoms with Gasteiger partial charge in [0, 0.05) is 17.4 Å². The molecule has 0 saturated heterocycles. The summed E-state index contributed by atoms with van der Waals surface area (Å²) < 4.78 is 27.7. The van der Waals surface area contributed by atoms with E-state index in [1.54, 1.807) is 24.3 Å². The van der Waals surface area contributed by atoms with Crippen molar-refractivity contribution < 1.29 is 18.0 Å². The number of aryl methyl sites for hydroxylation is 2. The van der Waals surface area contributed by atoms with Crippen molar-refractivity contribution in [1.82, 2.24) is 15.8 Å². The highest BCUT2D eigenvalue weighted by atomic mass is 32.2. The third-order valence-corrected chi connectivity index (χ3v) is 5.77. The van der Waals surface area contributed by atoms with Crippen LogP contribution in [0.5, 0.6) is 0 Å². The number of carbonyl (C=O) groups is 2. The molecule has 0 radical (unpaired) electrons. The van der Waals surface area contributed by atoms with Gasteiger partial charge in [-0.2, -0.15) is 0 Å². The number of amides is 2. The van der Waals surface area contributed by atoms with Crippen LogP contribution in [-0.2, 0) is 10.0 Å². The van der Waals surface area contributed by atoms with Crippen LogP contribution in [-0.4, -0.2) is 25.2 Å². The highest BCUT2D eigenvalue weighted by molar-refractivity contribution is 7.92. The van der Waals surface area contributed by atoms with Gasteiger partial charge in [0.2, 0.25) is 0 Å². The molecule has 0 saturated carbocycles. The van der Waals surface area contributed by atoms with Gasteiger partial charge in [-0.05, 0) is 73.5 Å². The first-order chi connectivity index (χ1) is 14.3. The Hall–Kier alpha value is -3.72. The number of carbonyl (C=O) groups excluding carboxylic acids is 2. The van der Waals surface area contributed by atoms with E-state index in [9.17, 15) is 18.0 Å². The minimum absolute atomic E-state index is 0.00907. The molecular formula is C21H20N4O4S. The number of hydrogen-bond donors (Lipinski definition) is 3. The van der Waals surface area contributed by atoms with Gasteiger partial charge in [0.15, 0.2) is 0 Å². The molecule has 0 fully saturated rings. The number of hydrogen-bond acceptors (Lipinski definition) is 5. The van der Waals surface area contributed by atoms with Crippen LogP contribution in [0.4, 0.5) is 5.69 Å². The van der Waals surface area contributed by atoms with E-state index < -0.39 is 21.8 Å². The quantitative estimate of drug-likeness (QED) is 0.544. The van der Waals surface area contributed by atoms with Crippen LogP contribution in [0.15, 0.2) is 71.8 Å². The van der Waals surface area contributed by atoms with Crippen molar-refractivity contribution in [2.45, 2.75) is 18.7 Å². The molecular weight excluding hydrogens is 404 g/mol. The van der Waals surface area contributed by atoms with E-state index in [-0.39, 0.29) is 16.2 Å². The summed E-state index contributed by atoms with van der Waals surface area (Å²) in [7, 11) is -3.81. The molecule has 3 rings (SSSR count). The molecule has 2 aromatic carbocycles. The summed E-state index contributed by atoms with van der Waals surface area (Å²) >= 11 is 0. The molecule has 0 atom stereocenters. The number of rotatable bonds is 5. The number of nitrogens with zero attached hydrogens (tertiary/aromatic N) is 1. The van der Waals surface area contributed by atoms with Gasteiger partial charge in [-0.15, -0.1) is 0 Å². The van der Waals surface area contributed by atoms with E-state index >= 15 is 0 Å². The minimum Gasteiger partial charge on any atom is -0.280 e. The van der Waals surface area contributed by atoms with E-state index in [0.29, 0.717) is 5.69 Å². The Kier molecular flexibility index (Phi) is 6.12. The Bertz CT molecular complexity index is 1180. The Balaban J connectivity index is 1.65. The van der Waals surface area contributed by atoms with Gasteiger partial charge in [0.05, 0.1) is 4.90 Å². The zero-order valence-corrected chi connectivity index (χ0v) is 17.2. The molecule has 154 valence electrons. The van der Waals surface area contributed by atoms with E-state index in [1.165, 1.54) is 36.5 Å². The monoisotopic (exact) mass is 424 g/mol. The third kappa shape index (κ3) is 5.00. The second-order valence-corrected chi connectivity index (χ2v) is 8.23. The molecule has 3 N–H and O–H groups in total. The second-order valence-electron chi connectivity index (χ2n) is 6.55. The average molecular weight is 424 g/mol. The van der Waals surface area contributed by atoms with Crippen LogP contribution in [0, 0.1) is 13.8 Å². The summed E-state index contributed by atoms with van der Waals surface area (Å²) in [6.07, 6.45) is 1.46. The van der Waals surface area contributed by atoms with Gasteiger partial charge in [0.25, 0.3) is 21.8 Å². The zero-order valence-electron chi connectivity index (χ0n) is 16.3. The Morgan fingerprint density at radius 1 is 0.833 bits per heavy atom. The van der Waals surface area contributed by atoms with Crippen molar-refractivity contribution in [3.8, 4) is 0 Å². The molecule has 9 heteroatoms. The molecule has 30 heavy (non-hydrogen) atoms. The number of pyridine rings is 1. The molecule has 0 spiro atoms. The summed E-state index contributed by atoms with van der Waals surface area (Å²) in [5.74, 6) is -1.16. The van der Waals surface area contributed by atoms with Crippen molar-refractivity contribution in [2.24, 2.45) is 0 Å². The van der Waals surface area contributed by atoms with Crippen LogP contribution >= 0.6 is 0 Å². The van der Waals surface area contributed by atoms with Crippen LogP contribution < -0.4 is 15.6 Å². The first kappa shape index (κ1) is 21.0. The van der Waals surface area contributed by atoms with Crippen molar-refractivity contribution >= 4 is 27.5 Å². The van der Waals surface area contributed by atoms with Crippen molar-refractivity contribution in [1.29, 1.82) is 0 Å². The third-order valence-electron chi connectivity index (χ3n) is 4.37. The summed E-state index contributed by atoms with van der Waals surface area (Å²) in [4.78, 5) is 28.0. The lowest BCUT2D eigenvalue weighted by molar-refractivity contribution is 0.0844. The average Bonchev–Trinajstić information content (AvgIpc) is 2.75. The summed E-state index contributed by atoms with van der Waals surface area (Å²) in [6.45, 7) is 3.84. The highest BCUT2D eigenvalue weighted by Gasteiger charge is 2.16. The topological polar surface area (TPSA) is 117 Å². The van der Waals surface area contributed by atoms with Crippen molar-refractivity contribution in [3.05, 3.63) is 89.2 Å². The fraction of sp³-hybridized carbons (Fsp3) is 0.0952. The van der Waals surface area contributed by atoms with Crippen LogP contribution in [0.1, 0.15) is 32.0 Å². The summed E-state index contributed by atoms with van der Waals surface area (Å²) in [5, 5.41) is 0. The first-order valence-corrected chi connectivity index (χ1v) is 10.5. The lowest BCUT2D eigenvalue weighted by Gasteiger charge is -2.11. The predicted molar refractivity (Wildman–Crippen MR) is 112 cm³/mol. The van der Waals surface area contributed by atoms with E-state index in [0.717, 1.165) is 11.1 Å². The van der Waals surface area contributed by atoms with Crippen LogP contribution in [0.2, 0.25) is 0 Å². The second kappa shape index (κ2) is 8.75. The standard InChI is InChI=1S/C21H20N4O4S/c1-14-6-9-17(13-15(14)2)25-30(28,29)18-10-7-16(8-11-18)20(26)23-24-21(27)19-5-3-4-12-22-19/h3-13,25H,1-2H3,(H,23,26)(H,24,27). The number of anilines is 1. The number of benzene rings is 2. The van der Waals surface area contributed by atoms with Gasteiger partial charge in [-0.1, -0.05) is 12.1 Å². The van der Waals surface area contributed by atoms with Gasteiger partial charge < -0.3 is 0 Å². The minimum atomic E-state index is -3.81. The van der Waals surface area contributed by atoms with Gasteiger partial charge in [-0.3, -0.25) is 30.1 Å². The summed E-state index contributed by atoms with van der Waals surface area (Å²) in [5.41, 5.74) is 7.33. The lowest BCUT2D eigenvalue weighted by atomic mass is 10.1. The molecule has 0 unspecified atom stereocenters. The first-order valence-electron chi connectivity index (χ1n) is 8.98. The predicted octanol–water partition coefficient (Wildman–Crippen LogP) is 2.57. The Labute approximate surface area is 174 Å². The molecule has 1 aromatic heterocycles. The molecule has 0 aliphatic rings. The number of nitrogens with one attached hydrogen (secondary N) is 3. The largest absolute Gasteiger partial charge is 0.288 e. The van der Waals surface area contributed by atoms with Crippen molar-refractivity contribution in [2.75, 3.05) is 4.72 Å². The van der Waals surface area contributed by atoms with Crippen LogP contribution in [0.3, 0.4) is 0 Å². The van der Waals surface area contributed by atoms with Crippen molar-refractivity contribution in [3.63, 3.8) is 0 Å². The normalized spacial score (nSPS) is 10.9. The van der Waals surface area contributed by atoms with E-state index in [1.807, 2.05) is 19.9 Å². The molecule has 0 aliphatic heterocycles. The maximum atomic E-state index is 12.6. The fourth-order valence-corrected chi connectivity index (χ4v) is 3.60. The van der Waals surface area contributed by atoms with Gasteiger partial charge in [0.1, 0.15) is 5.69 Å². The summed E-state index contributed by atoms with van der Waals surface area (Å²) in [6, 6.07) is 15.4. The SMILES string of the molecule is Cc1ccc(NS(=O)(=O)c2ccc(C(=O)NNC(=O)c3ccccn3)cc2)cc1C. The lowest BCUT2D eigenvalue weighted by Crippen LogP contribution is -2.41. The highest BCUT2D eigenvalue weighted by Crippen LogP contribution is 2.19. The molecule has 3 aromatic rings. The van der Waals surface area contributed by atoms with Gasteiger partial charge >= 0.3 is 0 Å². The molecule has 0 aliphatic carbocycles. The molecule has 1 heterocycles. The number of sulfonamides is 1. The Morgan fingerprint density at radius 3 is 2.17 bits per heavy atom. The van der Waals surface area contributed by atoms with Crippen LogP contribution in [0.25, 0.3) is 0 Å². The smallest absolute Gasteiger partial charge is 0.280 e. The van der Waals surface area contributed by atoms with E-state index in [4.69, 9.17) is 0 Å². The molecule has 8 nitrogen and oxygen atoms in total. The molecule has 2 amide bonds. The zero-order chi connectivity index (χ0) is 21.7. The Morgan fingerprint density at radius 2 is 1.53 bits per heavy atom. The maximum Gasteiger partial charge on any atom is 0.288 e. The van der Waals surface area contributed by atoms with E-state index in [2.05, 4.69) is 20.6 Å². The maximum absolute atomic E-state index is 12.6. The fourth-order valence-electron chi connectivity index (χ4n) is 2.55.